The van der Waals surface area contributed by atoms with E-state index in [0.717, 1.165) is 31.5 Å². The molecule has 7 heteroatoms. The molecular weight excluding hydrogens is 293 g/mol. The average Bonchev–Trinajstić information content (AvgIpc) is 2.41. The second-order valence-corrected chi connectivity index (χ2v) is 5.09. The largest absolute Gasteiger partial charge is 0.416 e. The number of anilines is 1. The van der Waals surface area contributed by atoms with Gasteiger partial charge in [-0.3, -0.25) is 4.79 Å². The highest BCUT2D eigenvalue weighted by molar-refractivity contribution is 6.33. The summed E-state index contributed by atoms with van der Waals surface area (Å²) in [5.74, 6) is -0.272. The minimum absolute atomic E-state index is 0.121. The summed E-state index contributed by atoms with van der Waals surface area (Å²) in [5, 5.41) is 5.50. The van der Waals surface area contributed by atoms with Gasteiger partial charge in [0.25, 0.3) is 0 Å². The molecule has 0 aromatic heterocycles. The standard InChI is InChI=1S/C13H14ClF3N2O/c14-9-7-8(13(15,16)17)4-5-10(9)19-12(20)11-3-1-2-6-18-11/h4-5,7,11,18H,1-3,6H2,(H,19,20)/t11-/m1/s1. The number of halogens is 4. The Morgan fingerprint density at radius 3 is 2.65 bits per heavy atom. The van der Waals surface area contributed by atoms with E-state index in [4.69, 9.17) is 11.6 Å². The molecule has 0 aliphatic carbocycles. The van der Waals surface area contributed by atoms with Gasteiger partial charge in [0.1, 0.15) is 0 Å². The summed E-state index contributed by atoms with van der Waals surface area (Å²) < 4.78 is 37.5. The zero-order valence-corrected chi connectivity index (χ0v) is 11.3. The molecule has 1 aromatic carbocycles. The SMILES string of the molecule is O=C(Nc1ccc(C(F)(F)F)cc1Cl)[C@H]1CCCCN1. The summed E-state index contributed by atoms with van der Waals surface area (Å²) in [5.41, 5.74) is -0.645. The molecule has 1 aromatic rings. The minimum Gasteiger partial charge on any atom is -0.323 e. The van der Waals surface area contributed by atoms with Crippen LogP contribution in [-0.4, -0.2) is 18.5 Å². The summed E-state index contributed by atoms with van der Waals surface area (Å²) >= 11 is 5.78. The molecule has 110 valence electrons. The van der Waals surface area contributed by atoms with Crippen LogP contribution in [-0.2, 0) is 11.0 Å². The van der Waals surface area contributed by atoms with Crippen molar-refractivity contribution in [3.05, 3.63) is 28.8 Å². The van der Waals surface area contributed by atoms with E-state index in [2.05, 4.69) is 10.6 Å². The highest BCUT2D eigenvalue weighted by Crippen LogP contribution is 2.33. The number of nitrogens with one attached hydrogen (secondary N) is 2. The number of piperidine rings is 1. The molecule has 0 radical (unpaired) electrons. The Kier molecular flexibility index (Phi) is 4.55. The lowest BCUT2D eigenvalue weighted by Gasteiger charge is -2.22. The van der Waals surface area contributed by atoms with Crippen LogP contribution in [0.4, 0.5) is 18.9 Å². The van der Waals surface area contributed by atoms with Gasteiger partial charge >= 0.3 is 6.18 Å². The predicted molar refractivity (Wildman–Crippen MR) is 70.7 cm³/mol. The van der Waals surface area contributed by atoms with Gasteiger partial charge in [-0.05, 0) is 37.6 Å². The van der Waals surface area contributed by atoms with Gasteiger partial charge in [-0.25, -0.2) is 0 Å². The molecule has 0 unspecified atom stereocenters. The van der Waals surface area contributed by atoms with Crippen molar-refractivity contribution in [2.75, 3.05) is 11.9 Å². The number of benzene rings is 1. The summed E-state index contributed by atoms with van der Waals surface area (Å²) in [7, 11) is 0. The molecule has 1 aliphatic rings. The predicted octanol–water partition coefficient (Wildman–Crippen LogP) is 3.44. The Labute approximate surface area is 119 Å². The highest BCUT2D eigenvalue weighted by atomic mass is 35.5. The van der Waals surface area contributed by atoms with Crippen molar-refractivity contribution < 1.29 is 18.0 Å². The lowest BCUT2D eigenvalue weighted by atomic mass is 10.0. The zero-order valence-electron chi connectivity index (χ0n) is 10.6. The molecule has 3 nitrogen and oxygen atoms in total. The van der Waals surface area contributed by atoms with Gasteiger partial charge in [-0.1, -0.05) is 18.0 Å². The molecule has 0 bridgehead atoms. The van der Waals surface area contributed by atoms with Gasteiger partial charge in [-0.2, -0.15) is 13.2 Å². The van der Waals surface area contributed by atoms with Crippen LogP contribution in [0.2, 0.25) is 5.02 Å². The number of alkyl halides is 3. The van der Waals surface area contributed by atoms with E-state index >= 15 is 0 Å². The molecule has 20 heavy (non-hydrogen) atoms. The Morgan fingerprint density at radius 1 is 1.35 bits per heavy atom. The van der Waals surface area contributed by atoms with E-state index in [-0.39, 0.29) is 22.7 Å². The Morgan fingerprint density at radius 2 is 2.10 bits per heavy atom. The number of rotatable bonds is 2. The number of carbonyl (C=O) groups is 1. The lowest BCUT2D eigenvalue weighted by Crippen LogP contribution is -2.43. The van der Waals surface area contributed by atoms with E-state index in [9.17, 15) is 18.0 Å². The third-order valence-corrected chi connectivity index (χ3v) is 3.49. The first-order valence-corrected chi connectivity index (χ1v) is 6.67. The van der Waals surface area contributed by atoms with Crippen LogP contribution in [0.3, 0.4) is 0 Å². The van der Waals surface area contributed by atoms with Crippen molar-refractivity contribution in [2.24, 2.45) is 0 Å². The molecule has 1 aliphatic heterocycles. The molecule has 1 fully saturated rings. The Balaban J connectivity index is 2.08. The van der Waals surface area contributed by atoms with Gasteiger partial charge in [0.2, 0.25) is 5.91 Å². The third-order valence-electron chi connectivity index (χ3n) is 3.18. The molecule has 1 amide bonds. The second kappa shape index (κ2) is 6.01. The molecular formula is C13H14ClF3N2O. The lowest BCUT2D eigenvalue weighted by molar-refractivity contribution is -0.137. The topological polar surface area (TPSA) is 41.1 Å². The van der Waals surface area contributed by atoms with Crippen LogP contribution in [0, 0.1) is 0 Å². The van der Waals surface area contributed by atoms with Crippen molar-refractivity contribution in [3.8, 4) is 0 Å². The van der Waals surface area contributed by atoms with Crippen LogP contribution in [0.5, 0.6) is 0 Å². The number of hydrogen-bond acceptors (Lipinski definition) is 2. The van der Waals surface area contributed by atoms with Gasteiger partial charge in [0, 0.05) is 0 Å². The molecule has 0 spiro atoms. The quantitative estimate of drug-likeness (QED) is 0.879. The highest BCUT2D eigenvalue weighted by Gasteiger charge is 2.31. The monoisotopic (exact) mass is 306 g/mol. The van der Waals surface area contributed by atoms with E-state index in [1.165, 1.54) is 6.07 Å². The fourth-order valence-electron chi connectivity index (χ4n) is 2.09. The minimum atomic E-state index is -4.45. The first kappa shape index (κ1) is 15.1. The molecule has 2 N–H and O–H groups in total. The molecule has 1 heterocycles. The number of carbonyl (C=O) groups excluding carboxylic acids is 1. The Bertz CT molecular complexity index is 499. The normalized spacial score (nSPS) is 19.7. The van der Waals surface area contributed by atoms with E-state index in [0.29, 0.717) is 6.42 Å². The number of amides is 1. The maximum Gasteiger partial charge on any atom is 0.416 e. The van der Waals surface area contributed by atoms with Crippen molar-refractivity contribution in [1.82, 2.24) is 5.32 Å². The maximum absolute atomic E-state index is 12.5. The molecule has 1 atom stereocenters. The summed E-state index contributed by atoms with van der Waals surface area (Å²) in [6.45, 7) is 0.763. The van der Waals surface area contributed by atoms with Crippen LogP contribution >= 0.6 is 11.6 Å². The van der Waals surface area contributed by atoms with Crippen molar-refractivity contribution in [3.63, 3.8) is 0 Å². The fourth-order valence-corrected chi connectivity index (χ4v) is 2.32. The smallest absolute Gasteiger partial charge is 0.323 e. The Hall–Kier alpha value is -1.27. The van der Waals surface area contributed by atoms with E-state index in [1.807, 2.05) is 0 Å². The average molecular weight is 307 g/mol. The van der Waals surface area contributed by atoms with Gasteiger partial charge in [0.15, 0.2) is 0 Å². The summed E-state index contributed by atoms with van der Waals surface area (Å²) in [4.78, 5) is 11.9. The first-order chi connectivity index (χ1) is 9.38. The van der Waals surface area contributed by atoms with Crippen LogP contribution in [0.1, 0.15) is 24.8 Å². The zero-order chi connectivity index (χ0) is 14.8. The van der Waals surface area contributed by atoms with Crippen molar-refractivity contribution in [2.45, 2.75) is 31.5 Å². The van der Waals surface area contributed by atoms with Crippen molar-refractivity contribution >= 4 is 23.2 Å². The third kappa shape index (κ3) is 3.64. The molecule has 0 saturated carbocycles. The summed E-state index contributed by atoms with van der Waals surface area (Å²) in [6.07, 6.45) is -1.77. The maximum atomic E-state index is 12.5. The van der Waals surface area contributed by atoms with Crippen LogP contribution in [0.25, 0.3) is 0 Å². The van der Waals surface area contributed by atoms with Gasteiger partial charge in [-0.15, -0.1) is 0 Å². The van der Waals surface area contributed by atoms with E-state index in [1.54, 1.807) is 0 Å². The summed E-state index contributed by atoms with van der Waals surface area (Å²) in [6, 6.07) is 2.56. The first-order valence-electron chi connectivity index (χ1n) is 6.29. The number of hydrogen-bond donors (Lipinski definition) is 2. The molecule has 2 rings (SSSR count). The second-order valence-electron chi connectivity index (χ2n) is 4.68. The fraction of sp³-hybridized carbons (Fsp3) is 0.462. The van der Waals surface area contributed by atoms with Crippen molar-refractivity contribution in [1.29, 1.82) is 0 Å². The molecule has 1 saturated heterocycles. The van der Waals surface area contributed by atoms with Crippen LogP contribution < -0.4 is 10.6 Å². The van der Waals surface area contributed by atoms with Gasteiger partial charge < -0.3 is 10.6 Å². The van der Waals surface area contributed by atoms with E-state index < -0.39 is 11.7 Å². The van der Waals surface area contributed by atoms with Gasteiger partial charge in [0.05, 0.1) is 22.3 Å². The van der Waals surface area contributed by atoms with Crippen LogP contribution in [0.15, 0.2) is 18.2 Å².